The maximum absolute atomic E-state index is 11.2. The molecular formula is C11H19N3O3. The lowest BCUT2D eigenvalue weighted by molar-refractivity contribution is 0.0696. The van der Waals surface area contributed by atoms with Crippen molar-refractivity contribution in [3.8, 4) is 0 Å². The second kappa shape index (κ2) is 5.67. The Morgan fingerprint density at radius 2 is 2.24 bits per heavy atom. The molecule has 0 saturated heterocycles. The van der Waals surface area contributed by atoms with Crippen molar-refractivity contribution in [3.63, 3.8) is 0 Å². The van der Waals surface area contributed by atoms with E-state index < -0.39 is 5.97 Å². The molecule has 1 rings (SSSR count). The predicted octanol–water partition coefficient (Wildman–Crippen LogP) is 0.899. The zero-order chi connectivity index (χ0) is 13.0. The Morgan fingerprint density at radius 3 is 2.76 bits per heavy atom. The standard InChI is InChI=1S/C11H19N3O3/c1-5-17-7-6-13(3)10-9(11(15)16)8(2)12-14(10)4/h5-7H2,1-4H3,(H,15,16). The van der Waals surface area contributed by atoms with Crippen molar-refractivity contribution < 1.29 is 14.6 Å². The first-order valence-corrected chi connectivity index (χ1v) is 5.54. The number of aromatic nitrogens is 2. The number of aromatic carboxylic acids is 1. The van der Waals surface area contributed by atoms with Crippen molar-refractivity contribution in [2.24, 2.45) is 7.05 Å². The minimum absolute atomic E-state index is 0.256. The fraction of sp³-hybridized carbons (Fsp3) is 0.636. The first kappa shape index (κ1) is 13.5. The molecule has 0 bridgehead atoms. The average Bonchev–Trinajstić information content (AvgIpc) is 2.53. The van der Waals surface area contributed by atoms with E-state index in [1.54, 1.807) is 18.7 Å². The van der Waals surface area contributed by atoms with Gasteiger partial charge in [0.25, 0.3) is 0 Å². The van der Waals surface area contributed by atoms with Gasteiger partial charge in [0.2, 0.25) is 0 Å². The van der Waals surface area contributed by atoms with E-state index in [0.29, 0.717) is 31.3 Å². The van der Waals surface area contributed by atoms with E-state index in [0.717, 1.165) is 0 Å². The van der Waals surface area contributed by atoms with Crippen LogP contribution in [0.2, 0.25) is 0 Å². The van der Waals surface area contributed by atoms with Crippen molar-refractivity contribution in [1.29, 1.82) is 0 Å². The molecule has 0 aliphatic heterocycles. The molecule has 0 aliphatic carbocycles. The molecule has 17 heavy (non-hydrogen) atoms. The number of hydrogen-bond acceptors (Lipinski definition) is 4. The highest BCUT2D eigenvalue weighted by Gasteiger charge is 2.22. The van der Waals surface area contributed by atoms with Crippen molar-refractivity contribution >= 4 is 11.8 Å². The Kier molecular flexibility index (Phi) is 4.51. The van der Waals surface area contributed by atoms with Gasteiger partial charge in [-0.2, -0.15) is 5.10 Å². The highest BCUT2D eigenvalue weighted by atomic mass is 16.5. The summed E-state index contributed by atoms with van der Waals surface area (Å²) >= 11 is 0. The van der Waals surface area contributed by atoms with Gasteiger partial charge < -0.3 is 14.7 Å². The zero-order valence-electron chi connectivity index (χ0n) is 10.7. The lowest BCUT2D eigenvalue weighted by atomic mass is 10.2. The fourth-order valence-corrected chi connectivity index (χ4v) is 1.79. The molecule has 1 aromatic heterocycles. The van der Waals surface area contributed by atoms with Crippen molar-refractivity contribution in [3.05, 3.63) is 11.3 Å². The predicted molar refractivity (Wildman–Crippen MR) is 64.7 cm³/mol. The number of carboxylic acids is 1. The molecule has 1 heterocycles. The summed E-state index contributed by atoms with van der Waals surface area (Å²) in [6.07, 6.45) is 0. The first-order valence-electron chi connectivity index (χ1n) is 5.54. The molecule has 0 saturated carbocycles. The molecule has 6 nitrogen and oxygen atoms in total. The summed E-state index contributed by atoms with van der Waals surface area (Å²) in [6.45, 7) is 5.48. The molecule has 0 radical (unpaired) electrons. The summed E-state index contributed by atoms with van der Waals surface area (Å²) in [5, 5.41) is 13.3. The van der Waals surface area contributed by atoms with Gasteiger partial charge >= 0.3 is 5.97 Å². The smallest absolute Gasteiger partial charge is 0.341 e. The molecule has 0 unspecified atom stereocenters. The number of likely N-dealkylation sites (N-methyl/N-ethyl adjacent to an activating group) is 1. The summed E-state index contributed by atoms with van der Waals surface area (Å²) in [6, 6.07) is 0. The summed E-state index contributed by atoms with van der Waals surface area (Å²) in [5.74, 6) is -0.344. The summed E-state index contributed by atoms with van der Waals surface area (Å²) in [7, 11) is 3.58. The Balaban J connectivity index is 2.92. The minimum atomic E-state index is -0.950. The number of ether oxygens (including phenoxy) is 1. The topological polar surface area (TPSA) is 67.6 Å². The normalized spacial score (nSPS) is 10.6. The lowest BCUT2D eigenvalue weighted by Gasteiger charge is -2.19. The van der Waals surface area contributed by atoms with Gasteiger partial charge in [-0.25, -0.2) is 4.79 Å². The Labute approximate surface area is 101 Å². The van der Waals surface area contributed by atoms with Crippen LogP contribution >= 0.6 is 0 Å². The largest absolute Gasteiger partial charge is 0.477 e. The van der Waals surface area contributed by atoms with Gasteiger partial charge in [0.05, 0.1) is 12.3 Å². The molecule has 1 aromatic rings. The van der Waals surface area contributed by atoms with E-state index in [-0.39, 0.29) is 5.56 Å². The zero-order valence-corrected chi connectivity index (χ0v) is 10.7. The molecule has 1 N–H and O–H groups in total. The maximum Gasteiger partial charge on any atom is 0.341 e. The maximum atomic E-state index is 11.2. The molecule has 0 aromatic carbocycles. The van der Waals surface area contributed by atoms with Crippen molar-refractivity contribution in [2.75, 3.05) is 31.7 Å². The lowest BCUT2D eigenvalue weighted by Crippen LogP contribution is -2.26. The molecule has 0 aliphatic rings. The van der Waals surface area contributed by atoms with E-state index in [2.05, 4.69) is 5.10 Å². The summed E-state index contributed by atoms with van der Waals surface area (Å²) < 4.78 is 6.84. The minimum Gasteiger partial charge on any atom is -0.477 e. The molecule has 6 heteroatoms. The summed E-state index contributed by atoms with van der Waals surface area (Å²) in [4.78, 5) is 13.0. The van der Waals surface area contributed by atoms with Gasteiger partial charge in [0.1, 0.15) is 11.4 Å². The van der Waals surface area contributed by atoms with Gasteiger partial charge in [-0.3, -0.25) is 4.68 Å². The van der Waals surface area contributed by atoms with E-state index in [4.69, 9.17) is 9.84 Å². The third-order valence-electron chi connectivity index (χ3n) is 2.54. The monoisotopic (exact) mass is 241 g/mol. The number of rotatable bonds is 6. The Morgan fingerprint density at radius 1 is 1.59 bits per heavy atom. The van der Waals surface area contributed by atoms with Crippen molar-refractivity contribution in [2.45, 2.75) is 13.8 Å². The van der Waals surface area contributed by atoms with Crippen LogP contribution in [-0.4, -0.2) is 47.7 Å². The fourth-order valence-electron chi connectivity index (χ4n) is 1.79. The third kappa shape index (κ3) is 2.97. The number of carboxylic acid groups (broad SMARTS) is 1. The second-order valence-corrected chi connectivity index (χ2v) is 3.83. The molecule has 0 fully saturated rings. The SMILES string of the molecule is CCOCCN(C)c1c(C(=O)O)c(C)nn1C. The molecule has 0 spiro atoms. The molecular weight excluding hydrogens is 222 g/mol. The van der Waals surface area contributed by atoms with Crippen LogP contribution in [0.3, 0.4) is 0 Å². The molecule has 96 valence electrons. The van der Waals surface area contributed by atoms with Crippen LogP contribution in [-0.2, 0) is 11.8 Å². The van der Waals surface area contributed by atoms with E-state index in [1.807, 2.05) is 18.9 Å². The highest BCUT2D eigenvalue weighted by Crippen LogP contribution is 2.21. The van der Waals surface area contributed by atoms with Gasteiger partial charge in [-0.15, -0.1) is 0 Å². The second-order valence-electron chi connectivity index (χ2n) is 3.83. The van der Waals surface area contributed by atoms with Gasteiger partial charge in [0, 0.05) is 27.2 Å². The number of hydrogen-bond donors (Lipinski definition) is 1. The van der Waals surface area contributed by atoms with Crippen LogP contribution in [0, 0.1) is 6.92 Å². The van der Waals surface area contributed by atoms with Crippen LogP contribution < -0.4 is 4.90 Å². The number of carbonyl (C=O) groups is 1. The number of nitrogens with zero attached hydrogens (tertiary/aromatic N) is 3. The Hall–Kier alpha value is -1.56. The first-order chi connectivity index (χ1) is 7.99. The van der Waals surface area contributed by atoms with Gasteiger partial charge in [-0.1, -0.05) is 0 Å². The van der Waals surface area contributed by atoms with Gasteiger partial charge in [-0.05, 0) is 13.8 Å². The third-order valence-corrected chi connectivity index (χ3v) is 2.54. The molecule has 0 amide bonds. The number of aryl methyl sites for hydroxylation is 2. The van der Waals surface area contributed by atoms with E-state index >= 15 is 0 Å². The van der Waals surface area contributed by atoms with E-state index in [9.17, 15) is 4.79 Å². The quantitative estimate of drug-likeness (QED) is 0.749. The van der Waals surface area contributed by atoms with Crippen LogP contribution in [0.15, 0.2) is 0 Å². The Bertz CT molecular complexity index is 401. The average molecular weight is 241 g/mol. The highest BCUT2D eigenvalue weighted by molar-refractivity contribution is 5.94. The van der Waals surface area contributed by atoms with Crippen LogP contribution in [0.25, 0.3) is 0 Å². The van der Waals surface area contributed by atoms with Crippen molar-refractivity contribution in [1.82, 2.24) is 9.78 Å². The summed E-state index contributed by atoms with van der Waals surface area (Å²) in [5.41, 5.74) is 0.782. The van der Waals surface area contributed by atoms with Crippen LogP contribution in [0.4, 0.5) is 5.82 Å². The van der Waals surface area contributed by atoms with Crippen LogP contribution in [0.1, 0.15) is 23.0 Å². The molecule has 0 atom stereocenters. The van der Waals surface area contributed by atoms with Gasteiger partial charge in [0.15, 0.2) is 0 Å². The van der Waals surface area contributed by atoms with E-state index in [1.165, 1.54) is 0 Å². The van der Waals surface area contributed by atoms with Crippen LogP contribution in [0.5, 0.6) is 0 Å². The number of anilines is 1.